The third kappa shape index (κ3) is 7.75. The van der Waals surface area contributed by atoms with Crippen molar-refractivity contribution in [1.82, 2.24) is 0 Å². The molecule has 0 N–H and O–H groups in total. The Balaban J connectivity index is 1.90. The van der Waals surface area contributed by atoms with Gasteiger partial charge >= 0.3 is 306 Å². The first-order valence-electron chi connectivity index (χ1n) is 19.4. The Kier molecular flexibility index (Phi) is 12.2. The normalized spacial score (nSPS) is 23.1. The molecule has 0 unspecified atom stereocenters. The molecule has 7 heteroatoms. The van der Waals surface area contributed by atoms with Crippen molar-refractivity contribution in [2.45, 2.75) is 161 Å². The molecule has 0 saturated carbocycles. The fraction of sp³-hybridized carbons (Fsp3) is 0.619. The fourth-order valence-electron chi connectivity index (χ4n) is 8.24. The summed E-state index contributed by atoms with van der Waals surface area (Å²) < 4.78 is 33.0. The Labute approximate surface area is 304 Å². The van der Waals surface area contributed by atoms with E-state index in [1.54, 1.807) is 0 Å². The zero-order valence-electron chi connectivity index (χ0n) is 32.7. The summed E-state index contributed by atoms with van der Waals surface area (Å²) in [6.07, 6.45) is 8.57. The molecule has 0 amide bonds. The summed E-state index contributed by atoms with van der Waals surface area (Å²) in [6.45, 7) is 24.7. The first-order chi connectivity index (χ1) is 23.1. The van der Waals surface area contributed by atoms with Crippen molar-refractivity contribution in [3.8, 4) is 0 Å². The molecule has 2 fully saturated rings. The third-order valence-corrected chi connectivity index (χ3v) is 29.9. The van der Waals surface area contributed by atoms with E-state index < -0.39 is 55.0 Å². The van der Waals surface area contributed by atoms with Crippen molar-refractivity contribution in [3.05, 3.63) is 82.7 Å². The molecule has 2 aliphatic heterocycles. The number of benzene rings is 2. The molecule has 1 aliphatic carbocycles. The van der Waals surface area contributed by atoms with Crippen LogP contribution in [0.5, 0.6) is 0 Å². The molecule has 2 aromatic carbocycles. The van der Waals surface area contributed by atoms with E-state index in [2.05, 4.69) is 137 Å². The minimum absolute atomic E-state index is 0.408. The van der Waals surface area contributed by atoms with Crippen molar-refractivity contribution < 1.29 is 18.6 Å². The molecule has 0 radical (unpaired) electrons. The average molecular weight is 773 g/mol. The Morgan fingerprint density at radius 1 is 0.551 bits per heavy atom. The van der Waals surface area contributed by atoms with Gasteiger partial charge in [0.2, 0.25) is 0 Å². The Hall–Kier alpha value is -1.31. The number of hydrogen-bond donors (Lipinski definition) is 0. The summed E-state index contributed by atoms with van der Waals surface area (Å²) >= 11 is -3.09. The number of allylic oxidation sites excluding steroid dienone is 4. The zero-order valence-corrected chi connectivity index (χ0v) is 35.6. The summed E-state index contributed by atoms with van der Waals surface area (Å²) in [5.74, 6) is 0. The van der Waals surface area contributed by atoms with E-state index in [0.717, 1.165) is 6.42 Å². The summed E-state index contributed by atoms with van der Waals surface area (Å²) in [4.78, 5) is 0. The molecule has 49 heavy (non-hydrogen) atoms. The van der Waals surface area contributed by atoms with Gasteiger partial charge in [0.15, 0.2) is 0 Å². The molecule has 2 saturated heterocycles. The molecule has 1 atom stereocenters. The SMILES string of the molecule is CCC[CH2][Sn]([CH2]CCC)([CH2]CCC)[C@H]1CC(B2OC(C)(C)C(C)(C)O2)=C(c2ccccc2)C(c2ccccc2)=C1B1OC(C)(C)C(C)(C)O1. The first kappa shape index (κ1) is 38.9. The first-order valence-corrected chi connectivity index (χ1v) is 27.1. The maximum absolute atomic E-state index is 7.17. The van der Waals surface area contributed by atoms with Crippen LogP contribution in [0.3, 0.4) is 0 Å². The van der Waals surface area contributed by atoms with Crippen LogP contribution in [0.15, 0.2) is 71.6 Å². The molecule has 0 aromatic heterocycles. The average Bonchev–Trinajstić information content (AvgIpc) is 3.43. The van der Waals surface area contributed by atoms with Gasteiger partial charge in [-0.2, -0.15) is 0 Å². The van der Waals surface area contributed by atoms with E-state index in [9.17, 15) is 0 Å². The van der Waals surface area contributed by atoms with Gasteiger partial charge in [-0.15, -0.1) is 0 Å². The van der Waals surface area contributed by atoms with Gasteiger partial charge in [-0.25, -0.2) is 0 Å². The molecule has 2 heterocycles. The van der Waals surface area contributed by atoms with Gasteiger partial charge in [0.25, 0.3) is 0 Å². The van der Waals surface area contributed by atoms with Crippen molar-refractivity contribution in [3.63, 3.8) is 0 Å². The van der Waals surface area contributed by atoms with Crippen LogP contribution in [0.4, 0.5) is 0 Å². The van der Waals surface area contributed by atoms with Gasteiger partial charge in [0.05, 0.1) is 0 Å². The van der Waals surface area contributed by atoms with Crippen LogP contribution in [0.2, 0.25) is 17.2 Å². The van der Waals surface area contributed by atoms with Gasteiger partial charge in [-0.05, 0) is 0 Å². The quantitative estimate of drug-likeness (QED) is 0.179. The van der Waals surface area contributed by atoms with E-state index >= 15 is 0 Å². The monoisotopic (exact) mass is 774 g/mol. The molecule has 266 valence electrons. The summed E-state index contributed by atoms with van der Waals surface area (Å²) in [5, 5.41) is 0. The Bertz CT molecular complexity index is 1430. The molecule has 4 nitrogen and oxygen atoms in total. The zero-order chi connectivity index (χ0) is 35.7. The molecule has 5 rings (SSSR count). The Morgan fingerprint density at radius 3 is 1.31 bits per heavy atom. The predicted octanol–water partition coefficient (Wildman–Crippen LogP) is 11.8. The maximum atomic E-state index is 7.17. The van der Waals surface area contributed by atoms with Crippen LogP contribution in [0.1, 0.15) is 132 Å². The van der Waals surface area contributed by atoms with Crippen LogP contribution < -0.4 is 0 Å². The summed E-state index contributed by atoms with van der Waals surface area (Å²) in [7, 11) is -0.835. The van der Waals surface area contributed by atoms with Gasteiger partial charge in [-0.1, -0.05) is 0 Å². The fourth-order valence-corrected chi connectivity index (χ4v) is 27.0. The van der Waals surface area contributed by atoms with Gasteiger partial charge in [0.1, 0.15) is 0 Å². The molecule has 0 spiro atoms. The number of unbranched alkanes of at least 4 members (excludes halogenated alkanes) is 3. The molecular weight excluding hydrogens is 709 g/mol. The summed E-state index contributed by atoms with van der Waals surface area (Å²) in [6, 6.07) is 22.1. The minimum atomic E-state index is -3.09. The summed E-state index contributed by atoms with van der Waals surface area (Å²) in [5.41, 5.74) is 5.94. The van der Waals surface area contributed by atoms with E-state index in [-0.39, 0.29) is 0 Å². The van der Waals surface area contributed by atoms with E-state index in [1.165, 1.54) is 85.1 Å². The molecular formula is C42H64B2O4Sn. The van der Waals surface area contributed by atoms with Crippen LogP contribution >= 0.6 is 0 Å². The van der Waals surface area contributed by atoms with Crippen molar-refractivity contribution in [2.75, 3.05) is 0 Å². The predicted molar refractivity (Wildman–Crippen MR) is 212 cm³/mol. The molecule has 2 aromatic rings. The Morgan fingerprint density at radius 2 is 0.918 bits per heavy atom. The third-order valence-electron chi connectivity index (χ3n) is 12.7. The van der Waals surface area contributed by atoms with Crippen LogP contribution in [-0.4, -0.2) is 55.0 Å². The second-order valence-corrected chi connectivity index (χ2v) is 31.1. The number of rotatable bonds is 14. The van der Waals surface area contributed by atoms with Gasteiger partial charge < -0.3 is 0 Å². The van der Waals surface area contributed by atoms with Crippen molar-refractivity contribution in [2.24, 2.45) is 0 Å². The number of hydrogen-bond acceptors (Lipinski definition) is 4. The van der Waals surface area contributed by atoms with Gasteiger partial charge in [0, 0.05) is 0 Å². The van der Waals surface area contributed by atoms with Gasteiger partial charge in [-0.3, -0.25) is 0 Å². The van der Waals surface area contributed by atoms with Crippen LogP contribution in [0.25, 0.3) is 11.1 Å². The van der Waals surface area contributed by atoms with Crippen molar-refractivity contribution >= 4 is 43.8 Å². The van der Waals surface area contributed by atoms with E-state index in [1.807, 2.05) is 0 Å². The van der Waals surface area contributed by atoms with Crippen molar-refractivity contribution in [1.29, 1.82) is 0 Å². The second-order valence-electron chi connectivity index (χ2n) is 17.1. The topological polar surface area (TPSA) is 36.9 Å². The standard InChI is InChI=1S/C30H37B2O4.3C4H9.Sn/c1-27(2)28(3,4)34-31(33-27)23-19-20-24(32-35-29(5,6)30(7,8)36-32)26(22-17-13-10-14-18-22)25(23)21-15-11-9-12-16-21;3*1-3-4-2;/h9-19H,20H2,1-8H3;3*1,3-4H2,2H3;. The van der Waals surface area contributed by atoms with E-state index in [4.69, 9.17) is 18.6 Å². The second kappa shape index (κ2) is 15.3. The molecule has 3 aliphatic rings. The van der Waals surface area contributed by atoms with Crippen LogP contribution in [0, 0.1) is 0 Å². The van der Waals surface area contributed by atoms with Crippen LogP contribution in [-0.2, 0) is 18.6 Å². The van der Waals surface area contributed by atoms with E-state index in [0.29, 0.717) is 3.93 Å². The molecule has 0 bridgehead atoms.